The molecule has 0 unspecified atom stereocenters. The van der Waals surface area contributed by atoms with Crippen LogP contribution in [0.3, 0.4) is 0 Å². The van der Waals surface area contributed by atoms with Crippen LogP contribution in [0.1, 0.15) is 5.82 Å². The van der Waals surface area contributed by atoms with Gasteiger partial charge in [0.1, 0.15) is 11.6 Å². The second-order valence-corrected chi connectivity index (χ2v) is 4.24. The van der Waals surface area contributed by atoms with E-state index in [1.54, 1.807) is 6.92 Å². The molecule has 11 heavy (non-hydrogen) atoms. The topological polar surface area (TPSA) is 88.8 Å². The summed E-state index contributed by atoms with van der Waals surface area (Å²) in [4.78, 5) is 6.31. The molecule has 62 valence electrons. The van der Waals surface area contributed by atoms with Gasteiger partial charge in [-0.3, -0.25) is 0 Å². The van der Waals surface area contributed by atoms with Crippen molar-refractivity contribution in [3.05, 3.63) is 5.82 Å². The van der Waals surface area contributed by atoms with Crippen LogP contribution >= 0.6 is 0 Å². The minimum absolute atomic E-state index is 0.0741. The standard InChI is InChI=1S/C5H9N3O2S/c1-3-7-4(6)5(8-3)11(2,9)10/h6H2,1-2H3,(H,7,8). The number of hydrogen-bond donors (Lipinski definition) is 2. The molecule has 3 N–H and O–H groups in total. The van der Waals surface area contributed by atoms with E-state index in [4.69, 9.17) is 5.73 Å². The highest BCUT2D eigenvalue weighted by Crippen LogP contribution is 2.13. The van der Waals surface area contributed by atoms with Crippen molar-refractivity contribution in [1.82, 2.24) is 9.97 Å². The molecule has 0 saturated heterocycles. The Labute approximate surface area is 64.6 Å². The Kier molecular flexibility index (Phi) is 1.63. The van der Waals surface area contributed by atoms with Crippen LogP contribution in [0.25, 0.3) is 0 Å². The Balaban J connectivity index is 3.36. The summed E-state index contributed by atoms with van der Waals surface area (Å²) in [7, 11) is -3.28. The van der Waals surface area contributed by atoms with Crippen molar-refractivity contribution in [1.29, 1.82) is 0 Å². The van der Waals surface area contributed by atoms with Crippen LogP contribution in [0.2, 0.25) is 0 Å². The molecule has 1 rings (SSSR count). The third-order valence-corrected chi connectivity index (χ3v) is 2.18. The first kappa shape index (κ1) is 8.06. The first-order valence-electron chi connectivity index (χ1n) is 2.93. The summed E-state index contributed by atoms with van der Waals surface area (Å²) in [6, 6.07) is 0. The summed E-state index contributed by atoms with van der Waals surface area (Å²) in [5.74, 6) is 0.605. The van der Waals surface area contributed by atoms with Crippen LogP contribution in [0.15, 0.2) is 5.03 Å². The average molecular weight is 175 g/mol. The zero-order chi connectivity index (χ0) is 8.65. The molecule has 0 atom stereocenters. The van der Waals surface area contributed by atoms with E-state index in [0.29, 0.717) is 5.82 Å². The molecule has 6 heteroatoms. The molecule has 0 spiro atoms. The molecular weight excluding hydrogens is 166 g/mol. The highest BCUT2D eigenvalue weighted by molar-refractivity contribution is 7.90. The van der Waals surface area contributed by atoms with Crippen molar-refractivity contribution in [2.75, 3.05) is 12.0 Å². The number of nitrogens with zero attached hydrogens (tertiary/aromatic N) is 1. The molecule has 1 aromatic heterocycles. The molecular formula is C5H9N3O2S. The Morgan fingerprint density at radius 3 is 2.27 bits per heavy atom. The molecule has 0 aromatic carbocycles. The van der Waals surface area contributed by atoms with Gasteiger partial charge in [-0.25, -0.2) is 13.4 Å². The van der Waals surface area contributed by atoms with E-state index in [1.165, 1.54) is 0 Å². The van der Waals surface area contributed by atoms with Crippen molar-refractivity contribution < 1.29 is 8.42 Å². The number of nitrogens with two attached hydrogens (primary N) is 1. The second kappa shape index (κ2) is 2.23. The maximum absolute atomic E-state index is 10.9. The SMILES string of the molecule is Cc1nc(S(C)(=O)=O)c(N)[nH]1. The van der Waals surface area contributed by atoms with Gasteiger partial charge in [0, 0.05) is 6.26 Å². The number of imidazole rings is 1. The largest absolute Gasteiger partial charge is 0.383 e. The zero-order valence-corrected chi connectivity index (χ0v) is 7.07. The van der Waals surface area contributed by atoms with Gasteiger partial charge in [0.25, 0.3) is 0 Å². The lowest BCUT2D eigenvalue weighted by Gasteiger charge is -1.90. The molecule has 5 nitrogen and oxygen atoms in total. The van der Waals surface area contributed by atoms with Gasteiger partial charge in [-0.2, -0.15) is 0 Å². The first-order chi connectivity index (χ1) is 4.91. The summed E-state index contributed by atoms with van der Waals surface area (Å²) in [5.41, 5.74) is 5.33. The predicted molar refractivity (Wildman–Crippen MR) is 40.8 cm³/mol. The molecule has 1 aromatic rings. The molecule has 0 aliphatic heterocycles. The van der Waals surface area contributed by atoms with Gasteiger partial charge in [-0.15, -0.1) is 0 Å². The maximum Gasteiger partial charge on any atom is 0.197 e. The van der Waals surface area contributed by atoms with E-state index in [2.05, 4.69) is 9.97 Å². The van der Waals surface area contributed by atoms with Crippen molar-refractivity contribution in [2.45, 2.75) is 11.9 Å². The number of sulfone groups is 1. The third kappa shape index (κ3) is 1.51. The van der Waals surface area contributed by atoms with E-state index in [9.17, 15) is 8.42 Å². The summed E-state index contributed by atoms with van der Waals surface area (Å²) in [5, 5.41) is -0.0741. The fourth-order valence-electron chi connectivity index (χ4n) is 0.772. The lowest BCUT2D eigenvalue weighted by atomic mass is 10.8. The van der Waals surface area contributed by atoms with Gasteiger partial charge >= 0.3 is 0 Å². The fourth-order valence-corrected chi connectivity index (χ4v) is 1.52. The number of H-pyrrole nitrogens is 1. The van der Waals surface area contributed by atoms with E-state index >= 15 is 0 Å². The Morgan fingerprint density at radius 2 is 2.09 bits per heavy atom. The zero-order valence-electron chi connectivity index (χ0n) is 6.25. The van der Waals surface area contributed by atoms with Gasteiger partial charge in [0.2, 0.25) is 0 Å². The number of anilines is 1. The summed E-state index contributed by atoms with van der Waals surface area (Å²) >= 11 is 0. The molecule has 0 saturated carbocycles. The number of nitrogens with one attached hydrogen (secondary N) is 1. The Bertz CT molecular complexity index is 365. The monoisotopic (exact) mass is 175 g/mol. The lowest BCUT2D eigenvalue weighted by molar-refractivity contribution is 0.599. The van der Waals surface area contributed by atoms with Crippen molar-refractivity contribution in [3.63, 3.8) is 0 Å². The molecule has 1 heterocycles. The van der Waals surface area contributed by atoms with E-state index in [1.807, 2.05) is 0 Å². The number of hydrogen-bond acceptors (Lipinski definition) is 4. The highest BCUT2D eigenvalue weighted by Gasteiger charge is 2.15. The minimum atomic E-state index is -3.28. The molecule has 0 radical (unpaired) electrons. The minimum Gasteiger partial charge on any atom is -0.383 e. The normalized spacial score (nSPS) is 11.8. The maximum atomic E-state index is 10.9. The number of rotatable bonds is 1. The molecule has 0 aliphatic carbocycles. The van der Waals surface area contributed by atoms with Gasteiger partial charge in [-0.1, -0.05) is 0 Å². The first-order valence-corrected chi connectivity index (χ1v) is 4.82. The van der Waals surface area contributed by atoms with Crippen LogP contribution in [0, 0.1) is 6.92 Å². The number of nitrogen functional groups attached to an aromatic ring is 1. The summed E-state index contributed by atoms with van der Waals surface area (Å²) in [6.07, 6.45) is 1.07. The predicted octanol–water partition coefficient (Wildman–Crippen LogP) is -0.296. The van der Waals surface area contributed by atoms with Gasteiger partial charge < -0.3 is 10.7 Å². The Hall–Kier alpha value is -1.04. The third-order valence-electron chi connectivity index (χ3n) is 1.17. The van der Waals surface area contributed by atoms with Crippen LogP contribution in [-0.2, 0) is 9.84 Å². The quantitative estimate of drug-likeness (QED) is 0.613. The van der Waals surface area contributed by atoms with E-state index < -0.39 is 9.84 Å². The lowest BCUT2D eigenvalue weighted by Crippen LogP contribution is -2.01. The van der Waals surface area contributed by atoms with Gasteiger partial charge in [0.05, 0.1) is 0 Å². The van der Waals surface area contributed by atoms with Crippen molar-refractivity contribution in [3.8, 4) is 0 Å². The Morgan fingerprint density at radius 1 is 1.55 bits per heavy atom. The smallest absolute Gasteiger partial charge is 0.197 e. The number of aromatic nitrogens is 2. The van der Waals surface area contributed by atoms with E-state index in [-0.39, 0.29) is 10.8 Å². The van der Waals surface area contributed by atoms with Crippen LogP contribution in [0.5, 0.6) is 0 Å². The molecule has 0 bridgehead atoms. The molecule has 0 aliphatic rings. The summed E-state index contributed by atoms with van der Waals surface area (Å²) in [6.45, 7) is 1.64. The average Bonchev–Trinajstić information content (AvgIpc) is 2.08. The van der Waals surface area contributed by atoms with Gasteiger partial charge in [-0.05, 0) is 6.92 Å². The second-order valence-electron chi connectivity index (χ2n) is 2.31. The molecule has 0 amide bonds. The van der Waals surface area contributed by atoms with E-state index in [0.717, 1.165) is 6.26 Å². The highest BCUT2D eigenvalue weighted by atomic mass is 32.2. The number of aryl methyl sites for hydroxylation is 1. The fraction of sp³-hybridized carbons (Fsp3) is 0.400. The van der Waals surface area contributed by atoms with Crippen LogP contribution < -0.4 is 5.73 Å². The molecule has 0 fully saturated rings. The van der Waals surface area contributed by atoms with Gasteiger partial charge in [0.15, 0.2) is 14.9 Å². The van der Waals surface area contributed by atoms with Crippen LogP contribution in [-0.4, -0.2) is 24.6 Å². The van der Waals surface area contributed by atoms with Crippen molar-refractivity contribution in [2.24, 2.45) is 0 Å². The van der Waals surface area contributed by atoms with Crippen LogP contribution in [0.4, 0.5) is 5.82 Å². The summed E-state index contributed by atoms with van der Waals surface area (Å²) < 4.78 is 21.8. The van der Waals surface area contributed by atoms with Crippen molar-refractivity contribution >= 4 is 15.7 Å². The number of aromatic amines is 1.